The Labute approximate surface area is 200 Å². The Kier molecular flexibility index (Phi) is 6.87. The molecule has 3 aromatic rings. The molecule has 2 heterocycles. The molecule has 0 saturated carbocycles. The molecule has 0 unspecified atom stereocenters. The first-order valence-corrected chi connectivity index (χ1v) is 10.9. The van der Waals surface area contributed by atoms with Crippen LogP contribution < -0.4 is 4.74 Å². The maximum atomic E-state index is 13.1. The van der Waals surface area contributed by atoms with Crippen molar-refractivity contribution < 1.29 is 23.6 Å². The molecule has 174 valence electrons. The van der Waals surface area contributed by atoms with Crippen LogP contribution in [-0.2, 0) is 4.74 Å². The van der Waals surface area contributed by atoms with Gasteiger partial charge in [0, 0.05) is 17.2 Å². The zero-order valence-corrected chi connectivity index (χ0v) is 20.8. The summed E-state index contributed by atoms with van der Waals surface area (Å²) in [5.41, 5.74) is -0.148. The molecule has 0 radical (unpaired) electrons. The summed E-state index contributed by atoms with van der Waals surface area (Å²) in [7, 11) is 0. The molecular formula is C23H25BrN4O5. The molecule has 0 spiro atoms. The first-order valence-electron chi connectivity index (χ1n) is 10.2. The number of aromatic nitrogens is 3. The van der Waals surface area contributed by atoms with E-state index in [-0.39, 0.29) is 17.3 Å². The maximum absolute atomic E-state index is 13.1. The minimum atomic E-state index is -0.961. The average Bonchev–Trinajstić information content (AvgIpc) is 3.17. The van der Waals surface area contributed by atoms with Crippen LogP contribution in [0.4, 0.5) is 9.59 Å². The number of halogens is 1. The molecule has 2 amide bonds. The van der Waals surface area contributed by atoms with E-state index < -0.39 is 23.3 Å². The topological polar surface area (TPSA) is 108 Å². The smallest absolute Gasteiger partial charge is 0.426 e. The van der Waals surface area contributed by atoms with E-state index in [0.717, 1.165) is 10.5 Å². The van der Waals surface area contributed by atoms with E-state index in [2.05, 4.69) is 31.1 Å². The molecule has 0 aliphatic heterocycles. The Hall–Kier alpha value is -3.27. The highest BCUT2D eigenvalue weighted by molar-refractivity contribution is 9.10. The van der Waals surface area contributed by atoms with E-state index in [1.807, 2.05) is 30.3 Å². The minimum Gasteiger partial charge on any atom is -0.443 e. The lowest BCUT2D eigenvalue weighted by Crippen LogP contribution is -2.52. The lowest BCUT2D eigenvalue weighted by atomic mass is 10.1. The third-order valence-electron chi connectivity index (χ3n) is 4.14. The van der Waals surface area contributed by atoms with Gasteiger partial charge >= 0.3 is 12.2 Å². The van der Waals surface area contributed by atoms with E-state index in [1.54, 1.807) is 47.6 Å². The van der Waals surface area contributed by atoms with Gasteiger partial charge < -0.3 is 14.0 Å². The molecule has 0 saturated heterocycles. The molecule has 9 nitrogen and oxygen atoms in total. The lowest BCUT2D eigenvalue weighted by molar-refractivity contribution is 0.0117. The second kappa shape index (κ2) is 9.30. The van der Waals surface area contributed by atoms with Gasteiger partial charge in [-0.1, -0.05) is 35.5 Å². The van der Waals surface area contributed by atoms with Crippen molar-refractivity contribution in [2.24, 2.45) is 0 Å². The summed E-state index contributed by atoms with van der Waals surface area (Å²) in [6, 6.07) is 11.1. The highest BCUT2D eigenvalue weighted by atomic mass is 79.9. The van der Waals surface area contributed by atoms with E-state index in [4.69, 9.17) is 14.0 Å². The Morgan fingerprint density at radius 2 is 1.70 bits per heavy atom. The van der Waals surface area contributed by atoms with Crippen LogP contribution in [0.2, 0.25) is 0 Å². The van der Waals surface area contributed by atoms with Crippen LogP contribution in [0.3, 0.4) is 0 Å². The van der Waals surface area contributed by atoms with Crippen LogP contribution in [0.15, 0.2) is 51.7 Å². The number of carbonyl (C=O) groups is 2. The fourth-order valence-electron chi connectivity index (χ4n) is 2.78. The number of hydrogen-bond acceptors (Lipinski definition) is 8. The predicted octanol–water partition coefficient (Wildman–Crippen LogP) is 6.10. The molecule has 0 bridgehead atoms. The first-order chi connectivity index (χ1) is 15.3. The zero-order valence-electron chi connectivity index (χ0n) is 19.2. The molecule has 33 heavy (non-hydrogen) atoms. The summed E-state index contributed by atoms with van der Waals surface area (Å²) in [5, 5.41) is 4.07. The maximum Gasteiger partial charge on any atom is 0.426 e. The van der Waals surface area contributed by atoms with E-state index >= 15 is 0 Å². The summed E-state index contributed by atoms with van der Waals surface area (Å²) in [4.78, 5) is 35.2. The van der Waals surface area contributed by atoms with Crippen LogP contribution in [-0.4, -0.2) is 43.4 Å². The Balaban J connectivity index is 1.94. The Morgan fingerprint density at radius 3 is 2.30 bits per heavy atom. The van der Waals surface area contributed by atoms with Crippen LogP contribution in [0, 0.1) is 0 Å². The second-order valence-electron chi connectivity index (χ2n) is 9.14. The number of imide groups is 1. The average molecular weight is 517 g/mol. The van der Waals surface area contributed by atoms with Gasteiger partial charge in [-0.25, -0.2) is 24.5 Å². The summed E-state index contributed by atoms with van der Waals surface area (Å²) in [6.07, 6.45) is -0.426. The van der Waals surface area contributed by atoms with Crippen molar-refractivity contribution in [1.29, 1.82) is 0 Å². The number of hydrogen-bond donors (Lipinski definition) is 0. The van der Waals surface area contributed by atoms with Crippen molar-refractivity contribution in [3.8, 4) is 28.6 Å². The van der Waals surface area contributed by atoms with Crippen molar-refractivity contribution in [1.82, 2.24) is 20.0 Å². The van der Waals surface area contributed by atoms with E-state index in [9.17, 15) is 9.59 Å². The monoisotopic (exact) mass is 516 g/mol. The third kappa shape index (κ3) is 6.16. The van der Waals surface area contributed by atoms with Gasteiger partial charge in [-0.15, -0.1) is 0 Å². The molecule has 3 rings (SSSR count). The normalized spacial score (nSPS) is 11.7. The van der Waals surface area contributed by atoms with Gasteiger partial charge in [-0.2, -0.15) is 0 Å². The molecule has 1 aromatic carbocycles. The summed E-state index contributed by atoms with van der Waals surface area (Å²) >= 11 is 3.27. The van der Waals surface area contributed by atoms with Gasteiger partial charge in [-0.05, 0) is 57.5 Å². The SMILES string of the molecule is CC(C)(C)OC(=O)N(C(=O)Oc1ncc(Br)nc1-c1cc(-c2ccccc2)no1)C(C)(C)C. The van der Waals surface area contributed by atoms with Crippen LogP contribution in [0.25, 0.3) is 22.7 Å². The molecule has 0 atom stereocenters. The lowest BCUT2D eigenvalue weighted by Gasteiger charge is -2.34. The van der Waals surface area contributed by atoms with Gasteiger partial charge in [0.2, 0.25) is 0 Å². The van der Waals surface area contributed by atoms with Crippen molar-refractivity contribution in [3.63, 3.8) is 0 Å². The van der Waals surface area contributed by atoms with Crippen molar-refractivity contribution in [2.75, 3.05) is 0 Å². The third-order valence-corrected chi connectivity index (χ3v) is 4.52. The molecule has 2 aromatic heterocycles. The van der Waals surface area contributed by atoms with Gasteiger partial charge in [0.15, 0.2) is 11.5 Å². The van der Waals surface area contributed by atoms with Gasteiger partial charge in [0.05, 0.1) is 6.20 Å². The number of carbonyl (C=O) groups excluding carboxylic acids is 2. The fraction of sp³-hybridized carbons (Fsp3) is 0.348. The molecule has 0 aliphatic carbocycles. The van der Waals surface area contributed by atoms with Crippen molar-refractivity contribution in [2.45, 2.75) is 52.7 Å². The first kappa shape index (κ1) is 24.4. The largest absolute Gasteiger partial charge is 0.443 e. The number of ether oxygens (including phenoxy) is 2. The Morgan fingerprint density at radius 1 is 1.03 bits per heavy atom. The standard InChI is InChI=1S/C23H25BrN4O5/c1-22(2,3)28(21(30)32-23(4,5)6)20(29)31-19-18(26-17(24)13-25-19)16-12-15(27-33-16)14-10-8-7-9-11-14/h7-13H,1-6H3. The van der Waals surface area contributed by atoms with E-state index in [1.165, 1.54) is 6.20 Å². The second-order valence-corrected chi connectivity index (χ2v) is 9.96. The summed E-state index contributed by atoms with van der Waals surface area (Å²) < 4.78 is 16.7. The van der Waals surface area contributed by atoms with Crippen LogP contribution in [0.5, 0.6) is 5.88 Å². The fourth-order valence-corrected chi connectivity index (χ4v) is 3.06. The van der Waals surface area contributed by atoms with E-state index in [0.29, 0.717) is 10.3 Å². The Bertz CT molecular complexity index is 1150. The molecule has 0 N–H and O–H groups in total. The summed E-state index contributed by atoms with van der Waals surface area (Å²) in [5.74, 6) is 0.0989. The molecule has 0 fully saturated rings. The number of rotatable bonds is 3. The molecular weight excluding hydrogens is 492 g/mol. The van der Waals surface area contributed by atoms with Crippen molar-refractivity contribution >= 4 is 28.1 Å². The highest BCUT2D eigenvalue weighted by Crippen LogP contribution is 2.32. The molecule has 0 aliphatic rings. The quantitative estimate of drug-likeness (QED) is 0.411. The minimum absolute atomic E-state index is 0.142. The highest BCUT2D eigenvalue weighted by Gasteiger charge is 2.38. The predicted molar refractivity (Wildman–Crippen MR) is 125 cm³/mol. The van der Waals surface area contributed by atoms with Crippen molar-refractivity contribution in [3.05, 3.63) is 47.2 Å². The van der Waals surface area contributed by atoms with Gasteiger partial charge in [0.1, 0.15) is 15.9 Å². The molecule has 10 heteroatoms. The van der Waals surface area contributed by atoms with Crippen LogP contribution in [0.1, 0.15) is 41.5 Å². The van der Waals surface area contributed by atoms with Gasteiger partial charge in [-0.3, -0.25) is 0 Å². The zero-order chi connectivity index (χ0) is 24.4. The summed E-state index contributed by atoms with van der Waals surface area (Å²) in [6.45, 7) is 10.2. The van der Waals surface area contributed by atoms with Gasteiger partial charge in [0.25, 0.3) is 5.88 Å². The number of nitrogens with zero attached hydrogens (tertiary/aromatic N) is 4. The van der Waals surface area contributed by atoms with Crippen LogP contribution >= 0.6 is 15.9 Å². The number of benzene rings is 1. The number of amides is 2.